The van der Waals surface area contributed by atoms with Crippen LogP contribution in [-0.4, -0.2) is 9.85 Å². The number of rotatable bonds is 2. The molecule has 0 fully saturated rings. The second-order valence-electron chi connectivity index (χ2n) is 4.57. The number of nitro groups is 2. The fourth-order valence-corrected chi connectivity index (χ4v) is 2.57. The van der Waals surface area contributed by atoms with E-state index in [1.165, 1.54) is 6.07 Å². The molecule has 0 unspecified atom stereocenters. The summed E-state index contributed by atoms with van der Waals surface area (Å²) in [5.41, 5.74) is 0.433. The zero-order valence-electron chi connectivity index (χ0n) is 9.92. The molecule has 19 heavy (non-hydrogen) atoms. The number of benzene rings is 1. The number of hydrogen-bond donors (Lipinski definition) is 0. The fraction of sp³-hybridized carbons (Fsp3) is 0.333. The Labute approximate surface area is 107 Å². The highest BCUT2D eigenvalue weighted by atomic mass is 16.6. The van der Waals surface area contributed by atoms with E-state index in [0.29, 0.717) is 5.39 Å². The molecule has 1 heterocycles. The van der Waals surface area contributed by atoms with Gasteiger partial charge in [0.15, 0.2) is 0 Å². The lowest BCUT2D eigenvalue weighted by atomic mass is 9.95. The number of nitro benzene ring substituents is 2. The summed E-state index contributed by atoms with van der Waals surface area (Å²) in [7, 11) is 0. The molecule has 1 aromatic heterocycles. The van der Waals surface area contributed by atoms with Gasteiger partial charge < -0.3 is 4.42 Å². The Morgan fingerprint density at radius 3 is 2.47 bits per heavy atom. The number of furan rings is 1. The summed E-state index contributed by atoms with van der Waals surface area (Å²) < 4.78 is 5.55. The first kappa shape index (κ1) is 11.6. The van der Waals surface area contributed by atoms with E-state index in [-0.39, 0.29) is 17.0 Å². The van der Waals surface area contributed by atoms with Gasteiger partial charge in [-0.05, 0) is 19.3 Å². The van der Waals surface area contributed by atoms with Crippen LogP contribution in [-0.2, 0) is 12.8 Å². The van der Waals surface area contributed by atoms with Crippen molar-refractivity contribution >= 4 is 22.3 Å². The molecule has 0 saturated heterocycles. The van der Waals surface area contributed by atoms with Crippen LogP contribution in [0.1, 0.15) is 24.2 Å². The van der Waals surface area contributed by atoms with Crippen molar-refractivity contribution in [3.8, 4) is 0 Å². The highest BCUT2D eigenvalue weighted by Crippen LogP contribution is 2.39. The predicted octanol–water partition coefficient (Wildman–Crippen LogP) is 3.13. The Kier molecular flexibility index (Phi) is 2.48. The van der Waals surface area contributed by atoms with Gasteiger partial charge in [0.1, 0.15) is 5.76 Å². The first-order valence-corrected chi connectivity index (χ1v) is 5.95. The molecular formula is C12H10N2O5. The molecule has 1 aromatic carbocycles. The third-order valence-corrected chi connectivity index (χ3v) is 3.43. The van der Waals surface area contributed by atoms with Crippen LogP contribution >= 0.6 is 0 Å². The molecule has 0 bridgehead atoms. The van der Waals surface area contributed by atoms with Gasteiger partial charge in [-0.1, -0.05) is 0 Å². The standard InChI is InChI=1S/C12H10N2O5/c15-13(16)7-5-9-8-3-1-2-4-11(8)19-12(9)10(6-7)14(17)18/h5-6H,1-4H2. The van der Waals surface area contributed by atoms with Crippen molar-refractivity contribution in [2.75, 3.05) is 0 Å². The van der Waals surface area contributed by atoms with Gasteiger partial charge in [0, 0.05) is 23.4 Å². The minimum absolute atomic E-state index is 0.155. The molecule has 7 heteroatoms. The average Bonchev–Trinajstić information content (AvgIpc) is 2.75. The van der Waals surface area contributed by atoms with E-state index in [9.17, 15) is 20.2 Å². The van der Waals surface area contributed by atoms with E-state index in [1.807, 2.05) is 0 Å². The van der Waals surface area contributed by atoms with Gasteiger partial charge in [0.25, 0.3) is 5.69 Å². The molecule has 0 atom stereocenters. The Hall–Kier alpha value is -2.44. The second kappa shape index (κ2) is 4.04. The molecule has 1 aliphatic rings. The summed E-state index contributed by atoms with van der Waals surface area (Å²) in [6.07, 6.45) is 3.43. The van der Waals surface area contributed by atoms with Crippen molar-refractivity contribution in [2.24, 2.45) is 0 Å². The Balaban J connectivity index is 2.36. The van der Waals surface area contributed by atoms with Gasteiger partial charge >= 0.3 is 5.69 Å². The minimum atomic E-state index is -0.635. The maximum atomic E-state index is 11.0. The lowest BCUT2D eigenvalue weighted by Gasteiger charge is -2.08. The van der Waals surface area contributed by atoms with Crippen molar-refractivity contribution in [2.45, 2.75) is 25.7 Å². The van der Waals surface area contributed by atoms with E-state index < -0.39 is 9.85 Å². The molecule has 0 spiro atoms. The number of aryl methyl sites for hydroxylation is 2. The van der Waals surface area contributed by atoms with Gasteiger partial charge in [0.05, 0.1) is 15.9 Å². The molecule has 0 amide bonds. The number of hydrogen-bond acceptors (Lipinski definition) is 5. The summed E-state index contributed by atoms with van der Waals surface area (Å²) >= 11 is 0. The van der Waals surface area contributed by atoms with Crippen LogP contribution in [0, 0.1) is 20.2 Å². The van der Waals surface area contributed by atoms with Gasteiger partial charge in [-0.2, -0.15) is 0 Å². The molecule has 0 radical (unpaired) electrons. The maximum Gasteiger partial charge on any atom is 0.319 e. The van der Waals surface area contributed by atoms with E-state index in [2.05, 4.69) is 0 Å². The Morgan fingerprint density at radius 2 is 1.79 bits per heavy atom. The van der Waals surface area contributed by atoms with Crippen molar-refractivity contribution in [3.05, 3.63) is 43.7 Å². The summed E-state index contributed by atoms with van der Waals surface area (Å²) in [6, 6.07) is 2.33. The topological polar surface area (TPSA) is 99.4 Å². The molecular weight excluding hydrogens is 252 g/mol. The fourth-order valence-electron chi connectivity index (χ4n) is 2.57. The van der Waals surface area contributed by atoms with Gasteiger partial charge in [-0.3, -0.25) is 20.2 Å². The summed E-state index contributed by atoms with van der Waals surface area (Å²) in [6.45, 7) is 0. The van der Waals surface area contributed by atoms with Crippen LogP contribution < -0.4 is 0 Å². The lowest BCUT2D eigenvalue weighted by Crippen LogP contribution is -1.98. The maximum absolute atomic E-state index is 11.0. The van der Waals surface area contributed by atoms with Gasteiger partial charge in [-0.25, -0.2) is 0 Å². The van der Waals surface area contributed by atoms with Crippen LogP contribution in [0.25, 0.3) is 11.0 Å². The number of nitrogens with zero attached hydrogens (tertiary/aromatic N) is 2. The molecule has 98 valence electrons. The summed E-state index contributed by atoms with van der Waals surface area (Å²) in [5, 5.41) is 22.4. The van der Waals surface area contributed by atoms with Crippen molar-refractivity contribution < 1.29 is 14.3 Å². The van der Waals surface area contributed by atoms with Crippen LogP contribution in [0.5, 0.6) is 0 Å². The zero-order valence-corrected chi connectivity index (χ0v) is 9.92. The first-order valence-electron chi connectivity index (χ1n) is 5.95. The minimum Gasteiger partial charge on any atom is -0.454 e. The monoisotopic (exact) mass is 262 g/mol. The molecule has 7 nitrogen and oxygen atoms in total. The molecule has 0 saturated carbocycles. The van der Waals surface area contributed by atoms with Gasteiger partial charge in [-0.15, -0.1) is 0 Å². The van der Waals surface area contributed by atoms with Crippen molar-refractivity contribution in [1.82, 2.24) is 0 Å². The van der Waals surface area contributed by atoms with E-state index in [4.69, 9.17) is 4.42 Å². The van der Waals surface area contributed by atoms with Crippen molar-refractivity contribution in [3.63, 3.8) is 0 Å². The normalized spacial score (nSPS) is 14.3. The van der Waals surface area contributed by atoms with E-state index in [1.54, 1.807) is 0 Å². The SMILES string of the molecule is O=[N+]([O-])c1cc([N+](=O)[O-])c2oc3c(c2c1)CCCC3. The molecule has 0 N–H and O–H groups in total. The highest BCUT2D eigenvalue weighted by Gasteiger charge is 2.27. The lowest BCUT2D eigenvalue weighted by molar-refractivity contribution is -0.393. The highest BCUT2D eigenvalue weighted by molar-refractivity contribution is 5.92. The van der Waals surface area contributed by atoms with E-state index in [0.717, 1.165) is 43.1 Å². The van der Waals surface area contributed by atoms with Crippen LogP contribution in [0.4, 0.5) is 11.4 Å². The quantitative estimate of drug-likeness (QED) is 0.611. The molecule has 1 aliphatic carbocycles. The molecule has 3 rings (SSSR count). The summed E-state index contributed by atoms with van der Waals surface area (Å²) in [5.74, 6) is 0.727. The van der Waals surface area contributed by atoms with Crippen LogP contribution in [0.15, 0.2) is 16.5 Å². The smallest absolute Gasteiger partial charge is 0.319 e. The summed E-state index contributed by atoms with van der Waals surface area (Å²) in [4.78, 5) is 20.6. The van der Waals surface area contributed by atoms with Crippen LogP contribution in [0.3, 0.4) is 0 Å². The zero-order chi connectivity index (χ0) is 13.6. The average molecular weight is 262 g/mol. The first-order chi connectivity index (χ1) is 9.08. The molecule has 2 aromatic rings. The number of non-ortho nitro benzene ring substituents is 2. The second-order valence-corrected chi connectivity index (χ2v) is 4.57. The largest absolute Gasteiger partial charge is 0.454 e. The third kappa shape index (κ3) is 1.74. The predicted molar refractivity (Wildman–Crippen MR) is 66.2 cm³/mol. The van der Waals surface area contributed by atoms with Gasteiger partial charge in [0.2, 0.25) is 5.58 Å². The number of fused-ring (bicyclic) bond motifs is 3. The van der Waals surface area contributed by atoms with Crippen molar-refractivity contribution in [1.29, 1.82) is 0 Å². The Morgan fingerprint density at radius 1 is 1.05 bits per heavy atom. The van der Waals surface area contributed by atoms with Crippen LogP contribution in [0.2, 0.25) is 0 Å². The van der Waals surface area contributed by atoms with E-state index >= 15 is 0 Å². The Bertz CT molecular complexity index is 704. The third-order valence-electron chi connectivity index (χ3n) is 3.43. The molecule has 0 aliphatic heterocycles.